The van der Waals surface area contributed by atoms with E-state index in [1.165, 1.54) is 25.1 Å². The number of nitrogens with zero attached hydrogens (tertiary/aromatic N) is 1. The Morgan fingerprint density at radius 1 is 1.39 bits per heavy atom. The Balaban J connectivity index is 0.000000280. The summed E-state index contributed by atoms with van der Waals surface area (Å²) in [4.78, 5) is 11.7. The molecule has 3 nitrogen and oxygen atoms in total. The first kappa shape index (κ1) is 14.7. The van der Waals surface area contributed by atoms with Crippen molar-refractivity contribution in [1.29, 1.82) is 0 Å². The number of ether oxygens (including phenoxy) is 1. The van der Waals surface area contributed by atoms with Crippen molar-refractivity contribution < 1.29 is 9.53 Å². The summed E-state index contributed by atoms with van der Waals surface area (Å²) in [6.45, 7) is 8.68. The smallest absolute Gasteiger partial charge is 0.293 e. The molecule has 1 aromatic rings. The minimum atomic E-state index is 0.431. The molecule has 0 amide bonds. The summed E-state index contributed by atoms with van der Waals surface area (Å²) in [6.07, 6.45) is 1.37. The monoisotopic (exact) mass is 249 g/mol. The molecule has 1 aliphatic rings. The maximum atomic E-state index is 9.18. The molecule has 1 heterocycles. The zero-order valence-electron chi connectivity index (χ0n) is 11.3. The number of rotatable bonds is 4. The molecule has 18 heavy (non-hydrogen) atoms. The molecule has 0 N–H and O–H groups in total. The van der Waals surface area contributed by atoms with Crippen LogP contribution in [0, 0.1) is 5.92 Å². The lowest BCUT2D eigenvalue weighted by molar-refractivity contribution is -0.128. The van der Waals surface area contributed by atoms with E-state index >= 15 is 0 Å². The summed E-state index contributed by atoms with van der Waals surface area (Å²) < 4.78 is 4.15. The van der Waals surface area contributed by atoms with Crippen molar-refractivity contribution >= 4 is 6.47 Å². The van der Waals surface area contributed by atoms with E-state index < -0.39 is 0 Å². The summed E-state index contributed by atoms with van der Waals surface area (Å²) >= 11 is 0. The predicted octanol–water partition coefficient (Wildman–Crippen LogP) is 2.71. The van der Waals surface area contributed by atoms with Crippen molar-refractivity contribution in [1.82, 2.24) is 4.90 Å². The van der Waals surface area contributed by atoms with Crippen LogP contribution >= 0.6 is 0 Å². The van der Waals surface area contributed by atoms with Gasteiger partial charge in [0.25, 0.3) is 6.47 Å². The summed E-state index contributed by atoms with van der Waals surface area (Å²) in [5.74, 6) is 0.892. The van der Waals surface area contributed by atoms with Crippen molar-refractivity contribution in [3.05, 3.63) is 35.9 Å². The second kappa shape index (κ2) is 8.70. The molecule has 0 aromatic heterocycles. The van der Waals surface area contributed by atoms with Crippen LogP contribution in [0.4, 0.5) is 0 Å². The SMILES string of the molecule is CCOC=O.C[C@H]1CCN(Cc2ccccc2)C1. The minimum absolute atomic E-state index is 0.431. The molecule has 2 rings (SSSR count). The normalized spacial score (nSPS) is 18.9. The van der Waals surface area contributed by atoms with Crippen LogP contribution in [-0.2, 0) is 16.1 Å². The van der Waals surface area contributed by atoms with Crippen molar-refractivity contribution in [2.45, 2.75) is 26.8 Å². The quantitative estimate of drug-likeness (QED) is 0.768. The van der Waals surface area contributed by atoms with E-state index in [0.717, 1.165) is 12.5 Å². The van der Waals surface area contributed by atoms with Crippen molar-refractivity contribution in [2.75, 3.05) is 19.7 Å². The van der Waals surface area contributed by atoms with Crippen molar-refractivity contribution in [2.24, 2.45) is 5.92 Å². The molecule has 0 radical (unpaired) electrons. The van der Waals surface area contributed by atoms with Crippen molar-refractivity contribution in [3.63, 3.8) is 0 Å². The highest BCUT2D eigenvalue weighted by Crippen LogP contribution is 2.17. The van der Waals surface area contributed by atoms with Gasteiger partial charge in [0.2, 0.25) is 0 Å². The van der Waals surface area contributed by atoms with Gasteiger partial charge in [-0.15, -0.1) is 0 Å². The van der Waals surface area contributed by atoms with Crippen LogP contribution in [0.3, 0.4) is 0 Å². The molecule has 0 spiro atoms. The van der Waals surface area contributed by atoms with Crippen LogP contribution in [0.1, 0.15) is 25.8 Å². The van der Waals surface area contributed by atoms with E-state index in [-0.39, 0.29) is 0 Å². The lowest BCUT2D eigenvalue weighted by Gasteiger charge is -2.14. The summed E-state index contributed by atoms with van der Waals surface area (Å²) in [6, 6.07) is 10.7. The van der Waals surface area contributed by atoms with E-state index in [9.17, 15) is 4.79 Å². The molecule has 3 heteroatoms. The Bertz CT molecular complexity index is 327. The van der Waals surface area contributed by atoms with E-state index in [2.05, 4.69) is 46.9 Å². The van der Waals surface area contributed by atoms with Gasteiger partial charge in [-0.05, 0) is 31.4 Å². The van der Waals surface area contributed by atoms with Crippen LogP contribution in [0.15, 0.2) is 30.3 Å². The largest absolute Gasteiger partial charge is 0.468 e. The number of likely N-dealkylation sites (tertiary alicyclic amines) is 1. The summed E-state index contributed by atoms with van der Waals surface area (Å²) in [7, 11) is 0. The number of benzene rings is 1. The first-order valence-electron chi connectivity index (χ1n) is 6.57. The van der Waals surface area contributed by atoms with Gasteiger partial charge in [0, 0.05) is 13.1 Å². The fourth-order valence-corrected chi connectivity index (χ4v) is 2.08. The highest BCUT2D eigenvalue weighted by atomic mass is 16.5. The molecular formula is C15H23NO2. The maximum absolute atomic E-state index is 9.18. The second-order valence-corrected chi connectivity index (χ2v) is 4.67. The number of hydrogen-bond acceptors (Lipinski definition) is 3. The molecular weight excluding hydrogens is 226 g/mol. The molecule has 1 fully saturated rings. The van der Waals surface area contributed by atoms with Gasteiger partial charge >= 0.3 is 0 Å². The molecule has 0 unspecified atom stereocenters. The van der Waals surface area contributed by atoms with Gasteiger partial charge < -0.3 is 4.74 Å². The zero-order valence-corrected chi connectivity index (χ0v) is 11.3. The predicted molar refractivity (Wildman–Crippen MR) is 73.2 cm³/mol. The van der Waals surface area contributed by atoms with Gasteiger partial charge in [0.05, 0.1) is 6.61 Å². The fourth-order valence-electron chi connectivity index (χ4n) is 2.08. The lowest BCUT2D eigenvalue weighted by Crippen LogP contribution is -2.19. The first-order chi connectivity index (χ1) is 8.76. The standard InChI is InChI=1S/C12H17N.C3H6O2/c1-11-7-8-13(9-11)10-12-5-3-2-4-6-12;1-2-5-3-4/h2-6,11H,7-10H2,1H3;3H,2H2,1H3/t11-;/m0./s1. The van der Waals surface area contributed by atoms with Crippen LogP contribution in [0.2, 0.25) is 0 Å². The molecule has 1 saturated heterocycles. The molecule has 1 atom stereocenters. The Labute approximate surface area is 110 Å². The van der Waals surface area contributed by atoms with Gasteiger partial charge in [-0.1, -0.05) is 37.3 Å². The average Bonchev–Trinajstić information content (AvgIpc) is 2.78. The molecule has 0 aliphatic carbocycles. The molecule has 0 saturated carbocycles. The van der Waals surface area contributed by atoms with E-state index in [1.54, 1.807) is 6.92 Å². The minimum Gasteiger partial charge on any atom is -0.468 e. The topological polar surface area (TPSA) is 29.5 Å². The van der Waals surface area contributed by atoms with E-state index in [4.69, 9.17) is 0 Å². The first-order valence-corrected chi connectivity index (χ1v) is 6.57. The van der Waals surface area contributed by atoms with Gasteiger partial charge in [0.15, 0.2) is 0 Å². The Morgan fingerprint density at radius 2 is 2.11 bits per heavy atom. The maximum Gasteiger partial charge on any atom is 0.293 e. The van der Waals surface area contributed by atoms with Gasteiger partial charge in [-0.25, -0.2) is 0 Å². The summed E-state index contributed by atoms with van der Waals surface area (Å²) in [5.41, 5.74) is 1.44. The Morgan fingerprint density at radius 3 is 2.56 bits per heavy atom. The Hall–Kier alpha value is -1.35. The number of carbonyl (C=O) groups excluding carboxylic acids is 1. The van der Waals surface area contributed by atoms with Gasteiger partial charge in [0.1, 0.15) is 0 Å². The third-order valence-corrected chi connectivity index (χ3v) is 2.99. The fraction of sp³-hybridized carbons (Fsp3) is 0.533. The van der Waals surface area contributed by atoms with Crippen molar-refractivity contribution in [3.8, 4) is 0 Å². The Kier molecular flexibility index (Phi) is 7.11. The van der Waals surface area contributed by atoms with Crippen LogP contribution in [0.5, 0.6) is 0 Å². The zero-order chi connectivity index (χ0) is 13.2. The van der Waals surface area contributed by atoms with Gasteiger partial charge in [-0.3, -0.25) is 9.69 Å². The van der Waals surface area contributed by atoms with Gasteiger partial charge in [-0.2, -0.15) is 0 Å². The molecule has 1 aliphatic heterocycles. The molecule has 100 valence electrons. The highest BCUT2D eigenvalue weighted by Gasteiger charge is 2.17. The molecule has 0 bridgehead atoms. The van der Waals surface area contributed by atoms with Crippen LogP contribution in [-0.4, -0.2) is 31.1 Å². The number of hydrogen-bond donors (Lipinski definition) is 0. The third-order valence-electron chi connectivity index (χ3n) is 2.99. The lowest BCUT2D eigenvalue weighted by atomic mass is 10.2. The van der Waals surface area contributed by atoms with E-state index in [0.29, 0.717) is 13.1 Å². The van der Waals surface area contributed by atoms with E-state index in [1.807, 2.05) is 0 Å². The van der Waals surface area contributed by atoms with Crippen LogP contribution < -0.4 is 0 Å². The number of carbonyl (C=O) groups is 1. The summed E-state index contributed by atoms with van der Waals surface area (Å²) in [5, 5.41) is 0. The average molecular weight is 249 g/mol. The second-order valence-electron chi connectivity index (χ2n) is 4.67. The third kappa shape index (κ3) is 5.82. The van der Waals surface area contributed by atoms with Crippen LogP contribution in [0.25, 0.3) is 0 Å². The molecule has 1 aromatic carbocycles. The highest BCUT2D eigenvalue weighted by molar-refractivity contribution is 5.36.